The van der Waals surface area contributed by atoms with E-state index in [0.717, 1.165) is 63.6 Å². The predicted molar refractivity (Wildman–Crippen MR) is 124 cm³/mol. The Morgan fingerprint density at radius 3 is 1.87 bits per heavy atom. The van der Waals surface area contributed by atoms with Gasteiger partial charge >= 0.3 is 6.09 Å². The highest BCUT2D eigenvalue weighted by atomic mass is 16.6. The first-order valence-corrected chi connectivity index (χ1v) is 11.0. The molecular formula is C22H43N5O4. The quantitative estimate of drug-likeness (QED) is 0.450. The van der Waals surface area contributed by atoms with Crippen LogP contribution < -0.4 is 11.5 Å². The lowest BCUT2D eigenvalue weighted by molar-refractivity contribution is -0.122. The number of allylic oxidation sites excluding steroid dienone is 3. The first-order chi connectivity index (χ1) is 14.6. The van der Waals surface area contributed by atoms with Gasteiger partial charge in [0.05, 0.1) is 5.82 Å². The summed E-state index contributed by atoms with van der Waals surface area (Å²) in [6, 6.07) is 0.534. The molecule has 1 amide bonds. The SMILES string of the molecule is C/C(N)=C/C=C(\N)N1CCN(C2CCN(C(=O)OC(C)(C)C)CC2)CC1.CC.O=CO. The van der Waals surface area contributed by atoms with Gasteiger partial charge in [0.25, 0.3) is 6.47 Å². The number of hydrogen-bond acceptors (Lipinski definition) is 7. The van der Waals surface area contributed by atoms with Crippen molar-refractivity contribution >= 4 is 12.6 Å². The van der Waals surface area contributed by atoms with E-state index in [4.69, 9.17) is 26.1 Å². The molecule has 0 spiro atoms. The molecule has 0 aromatic heterocycles. The molecule has 9 nitrogen and oxygen atoms in total. The van der Waals surface area contributed by atoms with Crippen LogP contribution in [0.1, 0.15) is 54.4 Å². The maximum absolute atomic E-state index is 12.2. The van der Waals surface area contributed by atoms with Crippen LogP contribution in [0.2, 0.25) is 0 Å². The number of amides is 1. The molecule has 2 saturated heterocycles. The van der Waals surface area contributed by atoms with Gasteiger partial charge in [0.2, 0.25) is 0 Å². The number of likely N-dealkylation sites (tertiary alicyclic amines) is 1. The Bertz CT molecular complexity index is 581. The number of carbonyl (C=O) groups excluding carboxylic acids is 1. The van der Waals surface area contributed by atoms with E-state index in [2.05, 4.69) is 9.80 Å². The predicted octanol–water partition coefficient (Wildman–Crippen LogP) is 2.39. The Hall–Kier alpha value is -2.42. The second-order valence-electron chi connectivity index (χ2n) is 8.33. The van der Waals surface area contributed by atoms with E-state index in [1.165, 1.54) is 0 Å². The van der Waals surface area contributed by atoms with Crippen LogP contribution in [-0.4, -0.2) is 83.3 Å². The molecule has 5 N–H and O–H groups in total. The normalized spacial score (nSPS) is 18.9. The fourth-order valence-corrected chi connectivity index (χ4v) is 3.41. The highest BCUT2D eigenvalue weighted by Gasteiger charge is 2.31. The zero-order chi connectivity index (χ0) is 24.0. The third-order valence-electron chi connectivity index (χ3n) is 4.83. The highest BCUT2D eigenvalue weighted by molar-refractivity contribution is 5.68. The summed E-state index contributed by atoms with van der Waals surface area (Å²) in [6.45, 7) is 16.7. The van der Waals surface area contributed by atoms with Gasteiger partial charge in [-0.05, 0) is 52.7 Å². The maximum atomic E-state index is 12.2. The van der Waals surface area contributed by atoms with Crippen LogP contribution in [0.15, 0.2) is 23.7 Å². The topological polar surface area (TPSA) is 125 Å². The molecule has 0 aliphatic carbocycles. The van der Waals surface area contributed by atoms with Crippen LogP contribution in [0.5, 0.6) is 0 Å². The average Bonchev–Trinajstić information content (AvgIpc) is 2.73. The van der Waals surface area contributed by atoms with Crippen LogP contribution in [0, 0.1) is 0 Å². The summed E-state index contributed by atoms with van der Waals surface area (Å²) >= 11 is 0. The average molecular weight is 442 g/mol. The molecule has 0 saturated carbocycles. The monoisotopic (exact) mass is 441 g/mol. The molecule has 31 heavy (non-hydrogen) atoms. The molecule has 180 valence electrons. The summed E-state index contributed by atoms with van der Waals surface area (Å²) in [7, 11) is 0. The van der Waals surface area contributed by atoms with E-state index in [9.17, 15) is 4.79 Å². The van der Waals surface area contributed by atoms with Crippen LogP contribution >= 0.6 is 0 Å². The van der Waals surface area contributed by atoms with E-state index < -0.39 is 5.60 Å². The van der Waals surface area contributed by atoms with Gasteiger partial charge in [-0.3, -0.25) is 9.69 Å². The van der Waals surface area contributed by atoms with Gasteiger partial charge in [-0.2, -0.15) is 0 Å². The number of nitrogens with zero attached hydrogens (tertiary/aromatic N) is 3. The zero-order valence-electron chi connectivity index (χ0n) is 20.1. The van der Waals surface area contributed by atoms with Crippen molar-refractivity contribution in [3.8, 4) is 0 Å². The number of carbonyl (C=O) groups is 2. The Labute approximate surface area is 187 Å². The molecule has 2 rings (SSSR count). The number of nitrogens with two attached hydrogens (primary N) is 2. The number of ether oxygens (including phenoxy) is 1. The second kappa shape index (κ2) is 14.6. The van der Waals surface area contributed by atoms with Gasteiger partial charge in [-0.25, -0.2) is 4.79 Å². The van der Waals surface area contributed by atoms with Gasteiger partial charge in [-0.1, -0.05) is 13.8 Å². The van der Waals surface area contributed by atoms with Crippen LogP contribution in [0.25, 0.3) is 0 Å². The van der Waals surface area contributed by atoms with E-state index >= 15 is 0 Å². The Morgan fingerprint density at radius 1 is 0.968 bits per heavy atom. The lowest BCUT2D eigenvalue weighted by Gasteiger charge is -2.43. The molecule has 0 radical (unpaired) electrons. The minimum atomic E-state index is -0.435. The van der Waals surface area contributed by atoms with Gasteiger partial charge in [0, 0.05) is 51.0 Å². The summed E-state index contributed by atoms with van der Waals surface area (Å²) in [5.41, 5.74) is 12.1. The van der Waals surface area contributed by atoms with E-state index in [0.29, 0.717) is 6.04 Å². The molecule has 0 aromatic rings. The minimum Gasteiger partial charge on any atom is -0.483 e. The molecule has 2 aliphatic rings. The standard InChI is InChI=1S/C19H35N5O2.C2H6.CH2O2/c1-15(20)5-6-17(21)23-13-11-22(12-14-23)16-7-9-24(10-8-16)18(25)26-19(2,3)4;1-2;2-1-3/h5-6,16H,7-14,20-21H2,1-4H3;1-2H3;1H,(H,2,3)/b15-5-,17-6+;;. The largest absolute Gasteiger partial charge is 0.483 e. The molecule has 2 heterocycles. The Kier molecular flexibility index (Phi) is 13.4. The van der Waals surface area contributed by atoms with Crippen molar-refractivity contribution in [1.29, 1.82) is 0 Å². The van der Waals surface area contributed by atoms with Crippen molar-refractivity contribution in [2.24, 2.45) is 11.5 Å². The summed E-state index contributed by atoms with van der Waals surface area (Å²) in [4.78, 5) is 27.1. The van der Waals surface area contributed by atoms with Gasteiger partial charge in [-0.15, -0.1) is 0 Å². The van der Waals surface area contributed by atoms with E-state index in [-0.39, 0.29) is 12.6 Å². The van der Waals surface area contributed by atoms with Crippen molar-refractivity contribution in [1.82, 2.24) is 14.7 Å². The van der Waals surface area contributed by atoms with Crippen LogP contribution in [-0.2, 0) is 9.53 Å². The van der Waals surface area contributed by atoms with Crippen molar-refractivity contribution in [3.05, 3.63) is 23.7 Å². The zero-order valence-corrected chi connectivity index (χ0v) is 20.1. The maximum Gasteiger partial charge on any atom is 0.410 e. The number of hydrogen-bond donors (Lipinski definition) is 3. The van der Waals surface area contributed by atoms with Crippen molar-refractivity contribution < 1.29 is 19.4 Å². The molecule has 2 fully saturated rings. The van der Waals surface area contributed by atoms with Crippen molar-refractivity contribution in [2.75, 3.05) is 39.3 Å². The summed E-state index contributed by atoms with van der Waals surface area (Å²) < 4.78 is 5.47. The fraction of sp³-hybridized carbons (Fsp3) is 0.727. The first kappa shape index (κ1) is 28.6. The highest BCUT2D eigenvalue weighted by Crippen LogP contribution is 2.21. The molecule has 0 aromatic carbocycles. The Morgan fingerprint density at radius 2 is 1.45 bits per heavy atom. The first-order valence-electron chi connectivity index (χ1n) is 11.0. The fourth-order valence-electron chi connectivity index (χ4n) is 3.41. The third kappa shape index (κ3) is 11.5. The van der Waals surface area contributed by atoms with Crippen molar-refractivity contribution in [2.45, 2.75) is 66.0 Å². The van der Waals surface area contributed by atoms with E-state index in [1.807, 2.05) is 58.6 Å². The summed E-state index contributed by atoms with van der Waals surface area (Å²) in [5.74, 6) is 0.772. The molecule has 9 heteroatoms. The molecule has 2 aliphatic heterocycles. The minimum absolute atomic E-state index is 0.193. The summed E-state index contributed by atoms with van der Waals surface area (Å²) in [5, 5.41) is 6.89. The van der Waals surface area contributed by atoms with Crippen LogP contribution in [0.3, 0.4) is 0 Å². The second-order valence-corrected chi connectivity index (χ2v) is 8.33. The number of carboxylic acid groups (broad SMARTS) is 1. The van der Waals surface area contributed by atoms with Gasteiger partial charge in [0.15, 0.2) is 0 Å². The smallest absolute Gasteiger partial charge is 0.410 e. The Balaban J connectivity index is 0.00000165. The molecule has 0 bridgehead atoms. The summed E-state index contributed by atoms with van der Waals surface area (Å²) in [6.07, 6.45) is 5.53. The molecular weight excluding hydrogens is 398 g/mol. The number of piperazine rings is 1. The molecule has 0 unspecified atom stereocenters. The number of rotatable bonds is 3. The third-order valence-corrected chi connectivity index (χ3v) is 4.83. The van der Waals surface area contributed by atoms with Gasteiger partial charge in [0.1, 0.15) is 5.60 Å². The van der Waals surface area contributed by atoms with Gasteiger partial charge < -0.3 is 31.1 Å². The van der Waals surface area contributed by atoms with Crippen LogP contribution in [0.4, 0.5) is 4.79 Å². The lowest BCUT2D eigenvalue weighted by Crippen LogP contribution is -2.54. The lowest BCUT2D eigenvalue weighted by atomic mass is 10.0. The number of piperidine rings is 1. The van der Waals surface area contributed by atoms with E-state index in [1.54, 1.807) is 0 Å². The molecule has 0 atom stereocenters. The van der Waals surface area contributed by atoms with Crippen molar-refractivity contribution in [3.63, 3.8) is 0 Å².